The molecular weight excluding hydrogens is 316 g/mol. The van der Waals surface area contributed by atoms with Crippen molar-refractivity contribution in [1.82, 2.24) is 9.97 Å². The lowest BCUT2D eigenvalue weighted by molar-refractivity contribution is 1.14. The van der Waals surface area contributed by atoms with Crippen molar-refractivity contribution in [3.8, 4) is 0 Å². The first-order valence-corrected chi connectivity index (χ1v) is 6.51. The third-order valence-corrected chi connectivity index (χ3v) is 3.49. The van der Waals surface area contributed by atoms with Crippen molar-refractivity contribution in [2.24, 2.45) is 0 Å². The largest absolute Gasteiger partial charge is 0.357 e. The molecule has 0 saturated heterocycles. The Morgan fingerprint density at radius 3 is 2.83 bits per heavy atom. The summed E-state index contributed by atoms with van der Waals surface area (Å²) in [6, 6.07) is 5.81. The number of nitrogens with one attached hydrogen (secondary N) is 2. The summed E-state index contributed by atoms with van der Waals surface area (Å²) in [6.45, 7) is 1.96. The second-order valence-corrected chi connectivity index (χ2v) is 4.93. The molecule has 0 aliphatic heterocycles. The summed E-state index contributed by atoms with van der Waals surface area (Å²) >= 11 is 9.63. The smallest absolute Gasteiger partial charge is 0.224 e. The van der Waals surface area contributed by atoms with E-state index in [0.717, 1.165) is 15.7 Å². The van der Waals surface area contributed by atoms with Crippen LogP contribution in [0.3, 0.4) is 0 Å². The molecule has 4 nitrogen and oxygen atoms in total. The number of aromatic nitrogens is 2. The highest BCUT2D eigenvalue weighted by molar-refractivity contribution is 9.10. The van der Waals surface area contributed by atoms with Crippen LogP contribution in [-0.4, -0.2) is 17.0 Å². The predicted molar refractivity (Wildman–Crippen MR) is 78.8 cm³/mol. The van der Waals surface area contributed by atoms with Gasteiger partial charge in [0.15, 0.2) is 0 Å². The van der Waals surface area contributed by atoms with Crippen LogP contribution in [0, 0.1) is 6.92 Å². The van der Waals surface area contributed by atoms with Crippen LogP contribution in [0.5, 0.6) is 0 Å². The fourth-order valence-corrected chi connectivity index (χ4v) is 1.91. The Bertz CT molecular complexity index is 574. The second-order valence-electron chi connectivity index (χ2n) is 3.70. The molecule has 1 aromatic carbocycles. The van der Waals surface area contributed by atoms with Gasteiger partial charge in [0, 0.05) is 13.2 Å². The number of anilines is 3. The maximum absolute atomic E-state index is 6.23. The van der Waals surface area contributed by atoms with E-state index < -0.39 is 0 Å². The van der Waals surface area contributed by atoms with Gasteiger partial charge in [-0.15, -0.1) is 0 Å². The zero-order valence-corrected chi connectivity index (χ0v) is 12.3. The van der Waals surface area contributed by atoms with Crippen LogP contribution >= 0.6 is 27.5 Å². The molecule has 94 valence electrons. The van der Waals surface area contributed by atoms with Gasteiger partial charge in [-0.1, -0.05) is 23.7 Å². The summed E-state index contributed by atoms with van der Waals surface area (Å²) in [5.74, 6) is 1.21. The minimum absolute atomic E-state index is 0.546. The van der Waals surface area contributed by atoms with E-state index in [1.165, 1.54) is 0 Å². The maximum atomic E-state index is 6.23. The van der Waals surface area contributed by atoms with Gasteiger partial charge in [-0.3, -0.25) is 0 Å². The average molecular weight is 328 g/mol. The normalized spacial score (nSPS) is 10.2. The van der Waals surface area contributed by atoms with Crippen LogP contribution in [-0.2, 0) is 0 Å². The van der Waals surface area contributed by atoms with Gasteiger partial charge in [0.1, 0.15) is 5.82 Å². The zero-order chi connectivity index (χ0) is 13.1. The van der Waals surface area contributed by atoms with Gasteiger partial charge >= 0.3 is 0 Å². The second kappa shape index (κ2) is 5.54. The first-order chi connectivity index (χ1) is 8.61. The Balaban J connectivity index is 2.36. The molecule has 0 aliphatic rings. The first-order valence-electron chi connectivity index (χ1n) is 5.34. The summed E-state index contributed by atoms with van der Waals surface area (Å²) in [4.78, 5) is 8.41. The molecule has 2 aromatic rings. The molecule has 0 spiro atoms. The number of halogens is 2. The van der Waals surface area contributed by atoms with Gasteiger partial charge < -0.3 is 10.6 Å². The predicted octanol–water partition coefficient (Wildman–Crippen LogP) is 3.99. The molecule has 6 heteroatoms. The number of rotatable bonds is 3. The van der Waals surface area contributed by atoms with Crippen LogP contribution in [0.4, 0.5) is 17.5 Å². The number of hydrogen-bond acceptors (Lipinski definition) is 4. The van der Waals surface area contributed by atoms with Crippen molar-refractivity contribution in [2.45, 2.75) is 6.92 Å². The minimum Gasteiger partial charge on any atom is -0.357 e. The third-order valence-electron chi connectivity index (χ3n) is 2.41. The molecular formula is C12H12BrClN4. The number of aryl methyl sites for hydroxylation is 1. The molecule has 0 amide bonds. The Hall–Kier alpha value is -1.33. The van der Waals surface area contributed by atoms with Crippen LogP contribution in [0.1, 0.15) is 5.56 Å². The van der Waals surface area contributed by atoms with Gasteiger partial charge in [0.2, 0.25) is 5.95 Å². The van der Waals surface area contributed by atoms with Crippen molar-refractivity contribution in [1.29, 1.82) is 0 Å². The highest BCUT2D eigenvalue weighted by Crippen LogP contribution is 2.30. The highest BCUT2D eigenvalue weighted by atomic mass is 79.9. The van der Waals surface area contributed by atoms with Gasteiger partial charge in [-0.2, -0.15) is 4.98 Å². The van der Waals surface area contributed by atoms with Crippen LogP contribution < -0.4 is 10.6 Å². The number of nitrogens with zero attached hydrogens (tertiary/aromatic N) is 2. The number of benzene rings is 1. The molecule has 0 fully saturated rings. The Kier molecular flexibility index (Phi) is 4.04. The zero-order valence-electron chi connectivity index (χ0n) is 9.96. The quantitative estimate of drug-likeness (QED) is 0.895. The summed E-state index contributed by atoms with van der Waals surface area (Å²) in [5, 5.41) is 6.77. The fourth-order valence-electron chi connectivity index (χ4n) is 1.45. The van der Waals surface area contributed by atoms with Crippen LogP contribution in [0.2, 0.25) is 5.02 Å². The lowest BCUT2D eigenvalue weighted by Gasteiger charge is -2.11. The SMILES string of the molecule is CNc1ncc(Br)c(Nc2cccc(C)c2Cl)n1. The molecule has 0 atom stereocenters. The van der Waals surface area contributed by atoms with E-state index >= 15 is 0 Å². The van der Waals surface area contributed by atoms with E-state index in [1.807, 2.05) is 25.1 Å². The molecule has 2 rings (SSSR count). The van der Waals surface area contributed by atoms with Crippen molar-refractivity contribution in [3.05, 3.63) is 39.5 Å². The van der Waals surface area contributed by atoms with E-state index in [9.17, 15) is 0 Å². The molecule has 1 aromatic heterocycles. The van der Waals surface area contributed by atoms with Crippen molar-refractivity contribution in [3.63, 3.8) is 0 Å². The van der Waals surface area contributed by atoms with Crippen molar-refractivity contribution >= 4 is 45.0 Å². The molecule has 18 heavy (non-hydrogen) atoms. The minimum atomic E-state index is 0.546. The van der Waals surface area contributed by atoms with Gasteiger partial charge in [-0.25, -0.2) is 4.98 Å². The Labute approximate surface area is 119 Å². The standard InChI is InChI=1S/C12H12BrClN4/c1-7-4-3-5-9(10(7)14)17-11-8(13)6-16-12(15-2)18-11/h3-6H,1-2H3,(H2,15,16,17,18). The third kappa shape index (κ3) is 2.73. The summed E-state index contributed by atoms with van der Waals surface area (Å²) in [6.07, 6.45) is 1.69. The van der Waals surface area contributed by atoms with Crippen LogP contribution in [0.25, 0.3) is 0 Å². The molecule has 0 radical (unpaired) electrons. The molecule has 0 unspecified atom stereocenters. The van der Waals surface area contributed by atoms with Gasteiger partial charge in [-0.05, 0) is 34.5 Å². The Morgan fingerprint density at radius 1 is 1.33 bits per heavy atom. The monoisotopic (exact) mass is 326 g/mol. The van der Waals surface area contributed by atoms with Gasteiger partial charge in [0.25, 0.3) is 0 Å². The topological polar surface area (TPSA) is 49.8 Å². The molecule has 0 aliphatic carbocycles. The Morgan fingerprint density at radius 2 is 2.11 bits per heavy atom. The highest BCUT2D eigenvalue weighted by Gasteiger charge is 2.08. The molecule has 0 saturated carbocycles. The first kappa shape index (κ1) is 13.1. The lowest BCUT2D eigenvalue weighted by atomic mass is 10.2. The van der Waals surface area contributed by atoms with E-state index in [4.69, 9.17) is 11.6 Å². The lowest BCUT2D eigenvalue weighted by Crippen LogP contribution is -2.01. The van der Waals surface area contributed by atoms with Crippen molar-refractivity contribution < 1.29 is 0 Å². The van der Waals surface area contributed by atoms with E-state index in [0.29, 0.717) is 16.8 Å². The molecule has 0 bridgehead atoms. The van der Waals surface area contributed by atoms with Crippen LogP contribution in [0.15, 0.2) is 28.9 Å². The van der Waals surface area contributed by atoms with Gasteiger partial charge in [0.05, 0.1) is 15.2 Å². The van der Waals surface area contributed by atoms with Crippen molar-refractivity contribution in [2.75, 3.05) is 17.7 Å². The maximum Gasteiger partial charge on any atom is 0.224 e. The summed E-state index contributed by atoms with van der Waals surface area (Å²) in [7, 11) is 1.77. The number of hydrogen-bond donors (Lipinski definition) is 2. The average Bonchev–Trinajstić information content (AvgIpc) is 2.37. The van der Waals surface area contributed by atoms with E-state index in [-0.39, 0.29) is 0 Å². The van der Waals surface area contributed by atoms with E-state index in [2.05, 4.69) is 36.5 Å². The molecule has 2 N–H and O–H groups in total. The summed E-state index contributed by atoms with van der Waals surface area (Å²) < 4.78 is 0.777. The van der Waals surface area contributed by atoms with E-state index in [1.54, 1.807) is 13.2 Å². The fraction of sp³-hybridized carbons (Fsp3) is 0.167. The summed E-state index contributed by atoms with van der Waals surface area (Å²) in [5.41, 5.74) is 1.83. The molecule has 1 heterocycles.